The SMILES string of the molecule is CCOc1ccc(CCCNC(=O)CN(c2ccc(F)cc2)S(=O)(=O)c2ccc(OC)cc2)cc1. The van der Waals surface area contributed by atoms with E-state index in [1.807, 2.05) is 31.2 Å². The molecule has 3 aromatic carbocycles. The Hall–Kier alpha value is -3.59. The number of hydrogen-bond acceptors (Lipinski definition) is 5. The van der Waals surface area contributed by atoms with Gasteiger partial charge in [-0.3, -0.25) is 9.10 Å². The van der Waals surface area contributed by atoms with Crippen molar-refractivity contribution in [3.63, 3.8) is 0 Å². The first-order valence-electron chi connectivity index (χ1n) is 11.2. The molecule has 1 amide bonds. The van der Waals surface area contributed by atoms with Gasteiger partial charge in [0.2, 0.25) is 5.91 Å². The van der Waals surface area contributed by atoms with Crippen molar-refractivity contribution in [3.8, 4) is 11.5 Å². The van der Waals surface area contributed by atoms with Crippen molar-refractivity contribution in [1.29, 1.82) is 0 Å². The summed E-state index contributed by atoms with van der Waals surface area (Å²) in [5, 5.41) is 2.77. The van der Waals surface area contributed by atoms with Crippen molar-refractivity contribution >= 4 is 21.6 Å². The minimum Gasteiger partial charge on any atom is -0.497 e. The van der Waals surface area contributed by atoms with E-state index in [4.69, 9.17) is 9.47 Å². The van der Waals surface area contributed by atoms with Gasteiger partial charge in [0, 0.05) is 6.54 Å². The highest BCUT2D eigenvalue weighted by Crippen LogP contribution is 2.25. The summed E-state index contributed by atoms with van der Waals surface area (Å²) < 4.78 is 51.6. The molecule has 0 heterocycles. The molecule has 0 spiro atoms. The number of amides is 1. The number of hydrogen-bond donors (Lipinski definition) is 1. The number of sulfonamides is 1. The number of nitrogens with zero attached hydrogens (tertiary/aromatic N) is 1. The van der Waals surface area contributed by atoms with E-state index in [0.29, 0.717) is 25.3 Å². The Kier molecular flexibility index (Phi) is 9.08. The lowest BCUT2D eigenvalue weighted by Crippen LogP contribution is -2.41. The molecule has 0 unspecified atom stereocenters. The molecule has 186 valence electrons. The fraction of sp³-hybridized carbons (Fsp3) is 0.269. The fourth-order valence-electron chi connectivity index (χ4n) is 3.42. The number of carbonyl (C=O) groups excluding carboxylic acids is 1. The fourth-order valence-corrected chi connectivity index (χ4v) is 4.84. The molecule has 0 aliphatic heterocycles. The normalized spacial score (nSPS) is 11.1. The van der Waals surface area contributed by atoms with Crippen LogP contribution in [0.25, 0.3) is 0 Å². The standard InChI is InChI=1S/C26H29FN2O5S/c1-3-34-24-12-6-20(7-13-24)5-4-18-28-26(30)19-29(22-10-8-21(27)9-11-22)35(31,32)25-16-14-23(33-2)15-17-25/h6-17H,3-5,18-19H2,1-2H3,(H,28,30). The van der Waals surface area contributed by atoms with Crippen molar-refractivity contribution in [2.45, 2.75) is 24.7 Å². The van der Waals surface area contributed by atoms with Crippen LogP contribution in [0.4, 0.5) is 10.1 Å². The Bertz CT molecular complexity index is 1200. The van der Waals surface area contributed by atoms with Crippen LogP contribution in [0.5, 0.6) is 11.5 Å². The van der Waals surface area contributed by atoms with Gasteiger partial charge in [-0.1, -0.05) is 12.1 Å². The molecule has 3 rings (SSSR count). The number of benzene rings is 3. The zero-order valence-electron chi connectivity index (χ0n) is 19.7. The first-order valence-corrected chi connectivity index (χ1v) is 12.7. The summed E-state index contributed by atoms with van der Waals surface area (Å²) in [6, 6.07) is 18.6. The van der Waals surface area contributed by atoms with Gasteiger partial charge in [0.15, 0.2) is 0 Å². The van der Waals surface area contributed by atoms with Gasteiger partial charge in [0.05, 0.1) is 24.3 Å². The van der Waals surface area contributed by atoms with Crippen LogP contribution in [0.15, 0.2) is 77.7 Å². The van der Waals surface area contributed by atoms with Crippen LogP contribution in [-0.2, 0) is 21.2 Å². The van der Waals surface area contributed by atoms with Gasteiger partial charge in [0.1, 0.15) is 23.9 Å². The quantitative estimate of drug-likeness (QED) is 0.377. The maximum atomic E-state index is 13.5. The van der Waals surface area contributed by atoms with E-state index in [-0.39, 0.29) is 10.6 Å². The first kappa shape index (κ1) is 26.0. The third-order valence-corrected chi connectivity index (χ3v) is 7.04. The lowest BCUT2D eigenvalue weighted by molar-refractivity contribution is -0.119. The van der Waals surface area contributed by atoms with Crippen molar-refractivity contribution < 1.29 is 27.1 Å². The van der Waals surface area contributed by atoms with E-state index >= 15 is 0 Å². The largest absolute Gasteiger partial charge is 0.497 e. The molecule has 7 nitrogen and oxygen atoms in total. The highest BCUT2D eigenvalue weighted by molar-refractivity contribution is 7.92. The average Bonchev–Trinajstić information content (AvgIpc) is 2.87. The number of rotatable bonds is 12. The zero-order valence-corrected chi connectivity index (χ0v) is 20.6. The number of anilines is 1. The molecule has 0 saturated heterocycles. The van der Waals surface area contributed by atoms with E-state index in [2.05, 4.69) is 5.32 Å². The van der Waals surface area contributed by atoms with E-state index in [0.717, 1.165) is 34.2 Å². The van der Waals surface area contributed by atoms with Crippen molar-refractivity contribution in [2.24, 2.45) is 0 Å². The van der Waals surface area contributed by atoms with Gasteiger partial charge < -0.3 is 14.8 Å². The minimum atomic E-state index is -4.09. The van der Waals surface area contributed by atoms with Gasteiger partial charge in [0.25, 0.3) is 10.0 Å². The second-order valence-corrected chi connectivity index (χ2v) is 9.56. The summed E-state index contributed by atoms with van der Waals surface area (Å²) in [6.07, 6.45) is 1.43. The van der Waals surface area contributed by atoms with Crippen molar-refractivity contribution in [3.05, 3.63) is 84.2 Å². The second kappa shape index (κ2) is 12.2. The van der Waals surface area contributed by atoms with Gasteiger partial charge in [-0.15, -0.1) is 0 Å². The lowest BCUT2D eigenvalue weighted by Gasteiger charge is -2.24. The Balaban J connectivity index is 1.65. The molecule has 0 atom stereocenters. The number of methoxy groups -OCH3 is 1. The number of ether oxygens (including phenoxy) is 2. The monoisotopic (exact) mass is 500 g/mol. The third-order valence-electron chi connectivity index (χ3n) is 5.25. The number of aryl methyl sites for hydroxylation is 1. The highest BCUT2D eigenvalue weighted by atomic mass is 32.2. The molecule has 1 N–H and O–H groups in total. The predicted octanol–water partition coefficient (Wildman–Crippen LogP) is 4.18. The number of nitrogens with one attached hydrogen (secondary N) is 1. The third kappa shape index (κ3) is 7.19. The Labute approximate surface area is 205 Å². The molecule has 0 saturated carbocycles. The van der Waals surface area contributed by atoms with Crippen LogP contribution in [0, 0.1) is 5.82 Å². The molecule has 35 heavy (non-hydrogen) atoms. The molecule has 3 aromatic rings. The van der Waals surface area contributed by atoms with Gasteiger partial charge in [-0.05, 0) is 86.0 Å². The molecular formula is C26H29FN2O5S. The van der Waals surface area contributed by atoms with Crippen molar-refractivity contribution in [1.82, 2.24) is 5.32 Å². The Morgan fingerprint density at radius 2 is 1.57 bits per heavy atom. The summed E-state index contributed by atoms with van der Waals surface area (Å²) in [5.41, 5.74) is 1.30. The smallest absolute Gasteiger partial charge is 0.264 e. The summed E-state index contributed by atoms with van der Waals surface area (Å²) in [4.78, 5) is 12.7. The van der Waals surface area contributed by atoms with Gasteiger partial charge in [-0.25, -0.2) is 12.8 Å². The van der Waals surface area contributed by atoms with Crippen LogP contribution in [0.2, 0.25) is 0 Å². The summed E-state index contributed by atoms with van der Waals surface area (Å²) in [6.45, 7) is 2.47. The molecule has 0 aliphatic rings. The number of halogens is 1. The zero-order chi connectivity index (χ0) is 25.3. The minimum absolute atomic E-state index is 0.00840. The summed E-state index contributed by atoms with van der Waals surface area (Å²) in [7, 11) is -2.61. The maximum Gasteiger partial charge on any atom is 0.264 e. The van der Waals surface area contributed by atoms with Gasteiger partial charge >= 0.3 is 0 Å². The molecule has 0 bridgehead atoms. The predicted molar refractivity (Wildman–Crippen MR) is 133 cm³/mol. The highest BCUT2D eigenvalue weighted by Gasteiger charge is 2.27. The average molecular weight is 501 g/mol. The van der Waals surface area contributed by atoms with E-state index in [1.165, 1.54) is 43.5 Å². The number of carbonyl (C=O) groups is 1. The Morgan fingerprint density at radius 3 is 2.17 bits per heavy atom. The molecule has 9 heteroatoms. The molecule has 0 fully saturated rings. The molecule has 0 aliphatic carbocycles. The topological polar surface area (TPSA) is 84.9 Å². The first-order chi connectivity index (χ1) is 16.8. The van der Waals surface area contributed by atoms with Crippen LogP contribution in [0.3, 0.4) is 0 Å². The molecular weight excluding hydrogens is 471 g/mol. The summed E-state index contributed by atoms with van der Waals surface area (Å²) >= 11 is 0. The Morgan fingerprint density at radius 1 is 0.943 bits per heavy atom. The van der Waals surface area contributed by atoms with Crippen LogP contribution >= 0.6 is 0 Å². The van der Waals surface area contributed by atoms with E-state index in [9.17, 15) is 17.6 Å². The molecule has 0 aromatic heterocycles. The van der Waals surface area contributed by atoms with Crippen molar-refractivity contribution in [2.75, 3.05) is 31.1 Å². The molecule has 0 radical (unpaired) electrons. The van der Waals surface area contributed by atoms with Crippen LogP contribution < -0.4 is 19.1 Å². The lowest BCUT2D eigenvalue weighted by atomic mass is 10.1. The van der Waals surface area contributed by atoms with Crippen LogP contribution in [0.1, 0.15) is 18.9 Å². The second-order valence-electron chi connectivity index (χ2n) is 7.69. The summed E-state index contributed by atoms with van der Waals surface area (Å²) in [5.74, 6) is 0.346. The maximum absolute atomic E-state index is 13.5. The van der Waals surface area contributed by atoms with Gasteiger partial charge in [-0.2, -0.15) is 0 Å². The van der Waals surface area contributed by atoms with Crippen LogP contribution in [-0.4, -0.2) is 41.1 Å². The van der Waals surface area contributed by atoms with E-state index < -0.39 is 28.3 Å². The van der Waals surface area contributed by atoms with E-state index in [1.54, 1.807) is 0 Å².